The molecule has 1 rings (SSSR count). The van der Waals surface area contributed by atoms with E-state index >= 15 is 0 Å². The predicted molar refractivity (Wildman–Crippen MR) is 62.2 cm³/mol. The van der Waals surface area contributed by atoms with Gasteiger partial charge in [0.2, 0.25) is 0 Å². The summed E-state index contributed by atoms with van der Waals surface area (Å²) in [5.74, 6) is 0.0155. The summed E-state index contributed by atoms with van der Waals surface area (Å²) in [4.78, 5) is 0. The van der Waals surface area contributed by atoms with Crippen molar-refractivity contribution in [1.82, 2.24) is 0 Å². The van der Waals surface area contributed by atoms with E-state index in [-0.39, 0.29) is 5.75 Å². The van der Waals surface area contributed by atoms with Crippen LogP contribution in [0.5, 0.6) is 5.75 Å². The number of hydrogen-bond acceptors (Lipinski definition) is 3. The minimum Gasteiger partial charge on any atom is -0.508 e. The molecule has 4 heteroatoms. The summed E-state index contributed by atoms with van der Waals surface area (Å²) in [6, 6.07) is 4.95. The Hall–Kier alpha value is -0.580. The molecule has 0 amide bonds. The SMILES string of the molecule is Cc1ccc(O)c(C(O)C(O)CCBr)c1. The quantitative estimate of drug-likeness (QED) is 0.735. The summed E-state index contributed by atoms with van der Waals surface area (Å²) in [5.41, 5.74) is 1.32. The number of phenols is 1. The summed E-state index contributed by atoms with van der Waals surface area (Å²) in [6.45, 7) is 1.87. The minimum atomic E-state index is -1.04. The molecule has 0 aliphatic carbocycles. The van der Waals surface area contributed by atoms with Crippen LogP contribution in [0.3, 0.4) is 0 Å². The fourth-order valence-corrected chi connectivity index (χ4v) is 1.86. The van der Waals surface area contributed by atoms with Crippen LogP contribution in [-0.4, -0.2) is 26.8 Å². The summed E-state index contributed by atoms with van der Waals surface area (Å²) >= 11 is 3.19. The lowest BCUT2D eigenvalue weighted by atomic mass is 10.00. The van der Waals surface area contributed by atoms with E-state index in [1.807, 2.05) is 6.92 Å². The maximum Gasteiger partial charge on any atom is 0.121 e. The Morgan fingerprint density at radius 1 is 1.33 bits per heavy atom. The lowest BCUT2D eigenvalue weighted by Crippen LogP contribution is -2.18. The van der Waals surface area contributed by atoms with Gasteiger partial charge in [-0.05, 0) is 25.5 Å². The van der Waals surface area contributed by atoms with Crippen LogP contribution in [0, 0.1) is 6.92 Å². The molecular weight excluding hydrogens is 260 g/mol. The molecule has 84 valence electrons. The van der Waals surface area contributed by atoms with Gasteiger partial charge in [0, 0.05) is 10.9 Å². The van der Waals surface area contributed by atoms with Gasteiger partial charge in [0.25, 0.3) is 0 Å². The molecule has 1 aromatic rings. The Kier molecular flexibility index (Phi) is 4.57. The summed E-state index contributed by atoms with van der Waals surface area (Å²) in [7, 11) is 0. The third-order valence-electron chi connectivity index (χ3n) is 2.27. The van der Waals surface area contributed by atoms with Gasteiger partial charge in [-0.2, -0.15) is 0 Å². The van der Waals surface area contributed by atoms with Crippen LogP contribution in [0.25, 0.3) is 0 Å². The molecule has 15 heavy (non-hydrogen) atoms. The van der Waals surface area contributed by atoms with Gasteiger partial charge < -0.3 is 15.3 Å². The molecule has 0 aliphatic heterocycles. The third kappa shape index (κ3) is 3.19. The molecule has 3 N–H and O–H groups in total. The first-order chi connectivity index (χ1) is 7.06. The Balaban J connectivity index is 2.89. The molecule has 0 aromatic heterocycles. The van der Waals surface area contributed by atoms with E-state index in [0.717, 1.165) is 5.56 Å². The first-order valence-electron chi connectivity index (χ1n) is 4.78. The zero-order chi connectivity index (χ0) is 11.4. The molecule has 0 bridgehead atoms. The fraction of sp³-hybridized carbons (Fsp3) is 0.455. The number of aryl methyl sites for hydroxylation is 1. The average molecular weight is 275 g/mol. The molecular formula is C11H15BrO3. The van der Waals surface area contributed by atoms with Gasteiger partial charge >= 0.3 is 0 Å². The summed E-state index contributed by atoms with van der Waals surface area (Å²) < 4.78 is 0. The van der Waals surface area contributed by atoms with Crippen molar-refractivity contribution in [2.45, 2.75) is 25.6 Å². The number of benzene rings is 1. The van der Waals surface area contributed by atoms with Crippen molar-refractivity contribution in [3.05, 3.63) is 29.3 Å². The number of rotatable bonds is 4. The molecule has 0 saturated heterocycles. The third-order valence-corrected chi connectivity index (χ3v) is 2.73. The molecule has 0 heterocycles. The van der Waals surface area contributed by atoms with Crippen LogP contribution in [0.2, 0.25) is 0 Å². The van der Waals surface area contributed by atoms with Gasteiger partial charge in [-0.3, -0.25) is 0 Å². The zero-order valence-electron chi connectivity index (χ0n) is 8.52. The Bertz CT molecular complexity index is 328. The van der Waals surface area contributed by atoms with E-state index < -0.39 is 12.2 Å². The monoisotopic (exact) mass is 274 g/mol. The predicted octanol–water partition coefficient (Wildman–Crippen LogP) is 1.88. The van der Waals surface area contributed by atoms with Crippen LogP contribution >= 0.6 is 15.9 Å². The van der Waals surface area contributed by atoms with Crippen LogP contribution in [0.15, 0.2) is 18.2 Å². The molecule has 1 aromatic carbocycles. The Morgan fingerprint density at radius 2 is 2.00 bits per heavy atom. The van der Waals surface area contributed by atoms with Gasteiger partial charge in [-0.1, -0.05) is 27.6 Å². The zero-order valence-corrected chi connectivity index (χ0v) is 10.1. The maximum atomic E-state index is 9.79. The number of aromatic hydroxyl groups is 1. The van der Waals surface area contributed by atoms with Crippen LogP contribution < -0.4 is 0 Å². The topological polar surface area (TPSA) is 60.7 Å². The Labute approximate surface area is 97.5 Å². The summed E-state index contributed by atoms with van der Waals surface area (Å²) in [5, 5.41) is 29.5. The van der Waals surface area contributed by atoms with E-state index in [1.165, 1.54) is 6.07 Å². The van der Waals surface area contributed by atoms with Gasteiger partial charge in [-0.25, -0.2) is 0 Å². The molecule has 0 aliphatic rings. The van der Waals surface area contributed by atoms with Crippen LogP contribution in [0.4, 0.5) is 0 Å². The van der Waals surface area contributed by atoms with Crippen molar-refractivity contribution in [2.24, 2.45) is 0 Å². The van der Waals surface area contributed by atoms with Gasteiger partial charge in [0.05, 0.1) is 6.10 Å². The van der Waals surface area contributed by atoms with Crippen molar-refractivity contribution in [2.75, 3.05) is 5.33 Å². The Morgan fingerprint density at radius 3 is 2.60 bits per heavy atom. The molecule has 3 nitrogen and oxygen atoms in total. The summed E-state index contributed by atoms with van der Waals surface area (Å²) in [6.07, 6.45) is -1.46. The van der Waals surface area contributed by atoms with Crippen LogP contribution in [0.1, 0.15) is 23.7 Å². The van der Waals surface area contributed by atoms with Gasteiger partial charge in [-0.15, -0.1) is 0 Å². The molecule has 0 radical (unpaired) electrons. The van der Waals surface area contributed by atoms with Crippen molar-refractivity contribution >= 4 is 15.9 Å². The lowest BCUT2D eigenvalue weighted by molar-refractivity contribution is 0.0160. The highest BCUT2D eigenvalue weighted by molar-refractivity contribution is 9.09. The normalized spacial score (nSPS) is 14.9. The molecule has 0 saturated carbocycles. The van der Waals surface area contributed by atoms with E-state index in [9.17, 15) is 15.3 Å². The van der Waals surface area contributed by atoms with E-state index in [1.54, 1.807) is 12.1 Å². The number of phenolic OH excluding ortho intramolecular Hbond substituents is 1. The largest absolute Gasteiger partial charge is 0.508 e. The second-order valence-electron chi connectivity index (χ2n) is 3.55. The van der Waals surface area contributed by atoms with E-state index in [0.29, 0.717) is 17.3 Å². The van der Waals surface area contributed by atoms with Crippen LogP contribution in [-0.2, 0) is 0 Å². The van der Waals surface area contributed by atoms with E-state index in [2.05, 4.69) is 15.9 Å². The molecule has 0 spiro atoms. The highest BCUT2D eigenvalue weighted by atomic mass is 79.9. The molecule has 2 atom stereocenters. The number of aliphatic hydroxyl groups is 2. The second-order valence-corrected chi connectivity index (χ2v) is 4.35. The standard InChI is InChI=1S/C11H15BrO3/c1-7-2-3-9(13)8(6-7)11(15)10(14)4-5-12/h2-3,6,10-11,13-15H,4-5H2,1H3. The highest BCUT2D eigenvalue weighted by Crippen LogP contribution is 2.28. The average Bonchev–Trinajstić information content (AvgIpc) is 2.21. The first kappa shape index (κ1) is 12.5. The van der Waals surface area contributed by atoms with Crippen molar-refractivity contribution in [3.63, 3.8) is 0 Å². The fourth-order valence-electron chi connectivity index (χ4n) is 1.39. The van der Waals surface area contributed by atoms with Crippen molar-refractivity contribution < 1.29 is 15.3 Å². The second kappa shape index (κ2) is 5.49. The first-order valence-corrected chi connectivity index (χ1v) is 5.90. The molecule has 0 fully saturated rings. The number of halogens is 1. The van der Waals surface area contributed by atoms with Crippen molar-refractivity contribution in [1.29, 1.82) is 0 Å². The lowest BCUT2D eigenvalue weighted by Gasteiger charge is -2.18. The van der Waals surface area contributed by atoms with Crippen molar-refractivity contribution in [3.8, 4) is 5.75 Å². The number of aliphatic hydroxyl groups excluding tert-OH is 2. The smallest absolute Gasteiger partial charge is 0.121 e. The maximum absolute atomic E-state index is 9.79. The number of hydrogen-bond donors (Lipinski definition) is 3. The van der Waals surface area contributed by atoms with E-state index in [4.69, 9.17) is 0 Å². The minimum absolute atomic E-state index is 0.0155. The number of alkyl halides is 1. The van der Waals surface area contributed by atoms with Gasteiger partial charge in [0.15, 0.2) is 0 Å². The molecule has 2 unspecified atom stereocenters. The highest BCUT2D eigenvalue weighted by Gasteiger charge is 2.20. The van der Waals surface area contributed by atoms with Gasteiger partial charge in [0.1, 0.15) is 11.9 Å².